The van der Waals surface area contributed by atoms with E-state index in [0.29, 0.717) is 11.8 Å². The molecule has 0 bridgehead atoms. The average molecular weight is 267 g/mol. The number of hydrogen-bond acceptors (Lipinski definition) is 4. The molecule has 0 aliphatic heterocycles. The lowest BCUT2D eigenvalue weighted by molar-refractivity contribution is -0.137. The van der Waals surface area contributed by atoms with Crippen molar-refractivity contribution in [3.8, 4) is 0 Å². The molecule has 1 aromatic rings. The van der Waals surface area contributed by atoms with Gasteiger partial charge in [-0.1, -0.05) is 19.9 Å². The van der Waals surface area contributed by atoms with Crippen molar-refractivity contribution in [1.29, 1.82) is 0 Å². The van der Waals surface area contributed by atoms with Crippen molar-refractivity contribution in [2.24, 2.45) is 0 Å². The first-order chi connectivity index (χ1) is 8.52. The second-order valence-electron chi connectivity index (χ2n) is 4.49. The molecule has 3 nitrogen and oxygen atoms in total. The summed E-state index contributed by atoms with van der Waals surface area (Å²) in [5.41, 5.74) is 2.55. The molecule has 0 aliphatic carbocycles. The van der Waals surface area contributed by atoms with Crippen LogP contribution < -0.4 is 5.32 Å². The van der Waals surface area contributed by atoms with Crippen LogP contribution in [-0.4, -0.2) is 24.9 Å². The van der Waals surface area contributed by atoms with Crippen LogP contribution >= 0.6 is 11.8 Å². The van der Waals surface area contributed by atoms with Gasteiger partial charge >= 0.3 is 5.97 Å². The molecule has 18 heavy (non-hydrogen) atoms. The molecule has 0 atom stereocenters. The number of carbonyl (C=O) groups is 1. The molecule has 4 heteroatoms. The number of ether oxygens (including phenoxy) is 1. The number of nitrogens with one attached hydrogen (secondary N) is 1. The average Bonchev–Trinajstić information content (AvgIpc) is 2.34. The van der Waals surface area contributed by atoms with E-state index in [1.165, 1.54) is 30.0 Å². The van der Waals surface area contributed by atoms with Crippen molar-refractivity contribution < 1.29 is 9.53 Å². The topological polar surface area (TPSA) is 38.3 Å². The highest BCUT2D eigenvalue weighted by Crippen LogP contribution is 2.21. The van der Waals surface area contributed by atoms with E-state index in [1.54, 1.807) is 0 Å². The fraction of sp³-hybridized carbons (Fsp3) is 0.500. The van der Waals surface area contributed by atoms with E-state index in [2.05, 4.69) is 49.0 Å². The van der Waals surface area contributed by atoms with Gasteiger partial charge < -0.3 is 10.1 Å². The van der Waals surface area contributed by atoms with Gasteiger partial charge in [-0.15, -0.1) is 11.8 Å². The van der Waals surface area contributed by atoms with Crippen LogP contribution in [-0.2, 0) is 16.1 Å². The maximum atomic E-state index is 11.1. The molecular formula is C14H21NO2S. The minimum atomic E-state index is -0.191. The van der Waals surface area contributed by atoms with Gasteiger partial charge in [0.1, 0.15) is 0 Å². The highest BCUT2D eigenvalue weighted by molar-refractivity contribution is 8.00. The molecule has 0 aliphatic rings. The van der Waals surface area contributed by atoms with E-state index in [-0.39, 0.29) is 5.97 Å². The smallest absolute Gasteiger partial charge is 0.315 e. The van der Waals surface area contributed by atoms with Crippen molar-refractivity contribution in [3.63, 3.8) is 0 Å². The largest absolute Gasteiger partial charge is 0.468 e. The maximum absolute atomic E-state index is 11.1. The van der Waals surface area contributed by atoms with Gasteiger partial charge in [0.2, 0.25) is 0 Å². The third kappa shape index (κ3) is 5.10. The summed E-state index contributed by atoms with van der Waals surface area (Å²) in [5.74, 6) is 0.169. The summed E-state index contributed by atoms with van der Waals surface area (Å²) in [4.78, 5) is 12.2. The van der Waals surface area contributed by atoms with E-state index >= 15 is 0 Å². The molecule has 0 spiro atoms. The van der Waals surface area contributed by atoms with Gasteiger partial charge in [0, 0.05) is 17.5 Å². The lowest BCUT2D eigenvalue weighted by Crippen LogP contribution is -2.22. The van der Waals surface area contributed by atoms with E-state index in [1.807, 2.05) is 0 Å². The molecule has 1 aromatic carbocycles. The summed E-state index contributed by atoms with van der Waals surface area (Å²) in [7, 11) is 1.41. The van der Waals surface area contributed by atoms with Gasteiger partial charge in [0.15, 0.2) is 0 Å². The van der Waals surface area contributed by atoms with Gasteiger partial charge in [0.05, 0.1) is 12.9 Å². The molecule has 0 amide bonds. The van der Waals surface area contributed by atoms with Crippen molar-refractivity contribution in [3.05, 3.63) is 29.3 Å². The molecule has 0 saturated carbocycles. The third-order valence-corrected chi connectivity index (χ3v) is 3.57. The van der Waals surface area contributed by atoms with E-state index < -0.39 is 0 Å². The Kier molecular flexibility index (Phi) is 6.22. The van der Waals surface area contributed by atoms with E-state index in [4.69, 9.17) is 0 Å². The maximum Gasteiger partial charge on any atom is 0.315 e. The van der Waals surface area contributed by atoms with Crippen LogP contribution in [0, 0.1) is 6.92 Å². The van der Waals surface area contributed by atoms with Crippen LogP contribution in [0.25, 0.3) is 0 Å². The fourth-order valence-electron chi connectivity index (χ4n) is 1.47. The first-order valence-electron chi connectivity index (χ1n) is 6.05. The summed E-state index contributed by atoms with van der Waals surface area (Å²) >= 11 is 1.51. The third-order valence-electron chi connectivity index (χ3n) is 2.60. The minimum Gasteiger partial charge on any atom is -0.468 e. The number of thioether (sulfide) groups is 1. The standard InChI is InChI=1S/C14H21NO2S/c1-10(2)15-8-12-5-6-13(7-11(12)3)18-9-14(16)17-4/h5-7,10,15H,8-9H2,1-4H3. The number of carbonyl (C=O) groups excluding carboxylic acids is 1. The molecule has 1 rings (SSSR count). The van der Waals surface area contributed by atoms with Crippen molar-refractivity contribution in [1.82, 2.24) is 5.32 Å². The lowest BCUT2D eigenvalue weighted by atomic mass is 10.1. The van der Waals surface area contributed by atoms with Crippen molar-refractivity contribution in [2.75, 3.05) is 12.9 Å². The highest BCUT2D eigenvalue weighted by Gasteiger charge is 2.04. The normalized spacial score (nSPS) is 10.7. The molecule has 0 fully saturated rings. The number of benzene rings is 1. The van der Waals surface area contributed by atoms with Gasteiger partial charge in [-0.3, -0.25) is 4.79 Å². The molecule has 0 radical (unpaired) electrons. The number of esters is 1. The molecule has 1 N–H and O–H groups in total. The quantitative estimate of drug-likeness (QED) is 0.635. The van der Waals surface area contributed by atoms with Crippen molar-refractivity contribution in [2.45, 2.75) is 38.3 Å². The Hall–Kier alpha value is -1.00. The second kappa shape index (κ2) is 7.44. The van der Waals surface area contributed by atoms with Crippen molar-refractivity contribution >= 4 is 17.7 Å². The number of hydrogen-bond donors (Lipinski definition) is 1. The molecular weight excluding hydrogens is 246 g/mol. The highest BCUT2D eigenvalue weighted by atomic mass is 32.2. The van der Waals surface area contributed by atoms with Crippen LogP contribution in [0.15, 0.2) is 23.1 Å². The Bertz CT molecular complexity index is 405. The Morgan fingerprint density at radius 2 is 2.17 bits per heavy atom. The van der Waals surface area contributed by atoms with Crippen LogP contribution in [0.4, 0.5) is 0 Å². The zero-order chi connectivity index (χ0) is 13.5. The lowest BCUT2D eigenvalue weighted by Gasteiger charge is -2.11. The zero-order valence-electron chi connectivity index (χ0n) is 11.4. The Balaban J connectivity index is 2.58. The number of rotatable bonds is 6. The van der Waals surface area contributed by atoms with Gasteiger partial charge in [-0.25, -0.2) is 0 Å². The number of methoxy groups -OCH3 is 1. The van der Waals surface area contributed by atoms with Gasteiger partial charge in [0.25, 0.3) is 0 Å². The minimum absolute atomic E-state index is 0.191. The molecule has 0 unspecified atom stereocenters. The fourth-order valence-corrected chi connectivity index (χ4v) is 2.30. The van der Waals surface area contributed by atoms with Crippen LogP contribution in [0.3, 0.4) is 0 Å². The molecule has 0 aromatic heterocycles. The Labute approximate surface area is 113 Å². The summed E-state index contributed by atoms with van der Waals surface area (Å²) in [6.45, 7) is 7.25. The monoisotopic (exact) mass is 267 g/mol. The van der Waals surface area contributed by atoms with E-state index in [9.17, 15) is 4.79 Å². The predicted octanol–water partition coefficient (Wildman–Crippen LogP) is 2.76. The summed E-state index contributed by atoms with van der Waals surface area (Å²) in [6, 6.07) is 6.77. The first kappa shape index (κ1) is 15.1. The van der Waals surface area contributed by atoms with Crippen LogP contribution in [0.2, 0.25) is 0 Å². The van der Waals surface area contributed by atoms with E-state index in [0.717, 1.165) is 11.4 Å². The summed E-state index contributed by atoms with van der Waals surface area (Å²) in [5, 5.41) is 3.40. The summed E-state index contributed by atoms with van der Waals surface area (Å²) in [6.07, 6.45) is 0. The molecule has 0 heterocycles. The molecule has 0 saturated heterocycles. The van der Waals surface area contributed by atoms with Gasteiger partial charge in [-0.2, -0.15) is 0 Å². The summed E-state index contributed by atoms with van der Waals surface area (Å²) < 4.78 is 4.62. The first-order valence-corrected chi connectivity index (χ1v) is 7.04. The SMILES string of the molecule is COC(=O)CSc1ccc(CNC(C)C)c(C)c1. The Morgan fingerprint density at radius 3 is 2.72 bits per heavy atom. The van der Waals surface area contributed by atoms with Crippen LogP contribution in [0.1, 0.15) is 25.0 Å². The van der Waals surface area contributed by atoms with Gasteiger partial charge in [-0.05, 0) is 30.2 Å². The van der Waals surface area contributed by atoms with Crippen LogP contribution in [0.5, 0.6) is 0 Å². The second-order valence-corrected chi connectivity index (χ2v) is 5.54. The molecule has 100 valence electrons. The predicted molar refractivity (Wildman–Crippen MR) is 75.9 cm³/mol. The number of aryl methyl sites for hydroxylation is 1. The Morgan fingerprint density at radius 1 is 1.44 bits per heavy atom. The zero-order valence-corrected chi connectivity index (χ0v) is 12.3.